The molecule has 0 bridgehead atoms. The Hall–Kier alpha value is -3.02. The molecule has 0 aliphatic rings. The summed E-state index contributed by atoms with van der Waals surface area (Å²) in [6.07, 6.45) is 7.07. The van der Waals surface area contributed by atoms with E-state index in [2.05, 4.69) is 25.8 Å². The van der Waals surface area contributed by atoms with Gasteiger partial charge in [0.2, 0.25) is 0 Å². The first-order valence-electron chi connectivity index (χ1n) is 10.7. The number of aromatic carboxylic acids is 1. The maximum atomic E-state index is 11.5. The summed E-state index contributed by atoms with van der Waals surface area (Å²) in [4.78, 5) is 20.8. The van der Waals surface area contributed by atoms with E-state index in [1.165, 1.54) is 12.8 Å². The topological polar surface area (TPSA) is 80.9 Å². The van der Waals surface area contributed by atoms with Crippen LogP contribution in [0.25, 0.3) is 11.3 Å². The quantitative estimate of drug-likeness (QED) is 0.478. The van der Waals surface area contributed by atoms with Gasteiger partial charge in [-0.25, -0.2) is 14.5 Å². The second-order valence-corrected chi connectivity index (χ2v) is 8.06. The van der Waals surface area contributed by atoms with Crippen LogP contribution in [0.1, 0.15) is 67.6 Å². The summed E-state index contributed by atoms with van der Waals surface area (Å²) in [5, 5.41) is 14.2. The second-order valence-electron chi connectivity index (χ2n) is 8.06. The molecule has 158 valence electrons. The predicted octanol–water partition coefficient (Wildman–Crippen LogP) is 5.02. The minimum atomic E-state index is -0.950. The van der Waals surface area contributed by atoms with Crippen molar-refractivity contribution >= 4 is 5.97 Å². The fourth-order valence-corrected chi connectivity index (χ4v) is 3.47. The molecule has 3 aromatic rings. The second kappa shape index (κ2) is 10.1. The zero-order chi connectivity index (χ0) is 21.5. The van der Waals surface area contributed by atoms with Gasteiger partial charge in [-0.3, -0.25) is 4.98 Å². The van der Waals surface area contributed by atoms with Crippen LogP contribution in [0.2, 0.25) is 0 Å². The van der Waals surface area contributed by atoms with Crippen LogP contribution in [0.3, 0.4) is 0 Å². The highest BCUT2D eigenvalue weighted by molar-refractivity contribution is 5.95. The van der Waals surface area contributed by atoms with Gasteiger partial charge in [0.15, 0.2) is 5.82 Å². The molecule has 0 saturated carbocycles. The van der Waals surface area contributed by atoms with Crippen molar-refractivity contribution in [2.24, 2.45) is 5.92 Å². The summed E-state index contributed by atoms with van der Waals surface area (Å²) >= 11 is 0. The van der Waals surface area contributed by atoms with Gasteiger partial charge in [-0.05, 0) is 30.0 Å². The van der Waals surface area contributed by atoms with E-state index < -0.39 is 5.97 Å². The van der Waals surface area contributed by atoms with Crippen LogP contribution in [0.15, 0.2) is 42.6 Å². The molecule has 0 spiro atoms. The number of aryl methyl sites for hydroxylation is 1. The summed E-state index contributed by atoms with van der Waals surface area (Å²) in [7, 11) is 0. The number of carbonyl (C=O) groups is 1. The Morgan fingerprint density at radius 3 is 2.60 bits per heavy atom. The first-order chi connectivity index (χ1) is 14.5. The summed E-state index contributed by atoms with van der Waals surface area (Å²) in [5.41, 5.74) is 2.55. The van der Waals surface area contributed by atoms with Crippen molar-refractivity contribution in [1.82, 2.24) is 19.7 Å². The van der Waals surface area contributed by atoms with Crippen molar-refractivity contribution in [2.75, 3.05) is 0 Å². The van der Waals surface area contributed by atoms with Crippen LogP contribution in [0.5, 0.6) is 0 Å². The number of nitrogens with zero attached hydrogens (tertiary/aromatic N) is 4. The van der Waals surface area contributed by atoms with Crippen molar-refractivity contribution in [3.05, 3.63) is 65.4 Å². The number of carboxylic acids is 1. The number of benzene rings is 1. The Morgan fingerprint density at radius 2 is 1.93 bits per heavy atom. The average Bonchev–Trinajstić information content (AvgIpc) is 3.09. The Labute approximate surface area is 178 Å². The minimum absolute atomic E-state index is 0.255. The zero-order valence-electron chi connectivity index (χ0n) is 18.0. The Bertz CT molecular complexity index is 977. The molecule has 3 rings (SSSR count). The fraction of sp³-hybridized carbons (Fsp3) is 0.417. The Balaban J connectivity index is 1.81. The molecule has 0 radical (unpaired) electrons. The standard InChI is InChI=1S/C24H30N4O2/c1-4-5-6-11-23-26-22(14-17(2)3)27-28(23)16-18-12-13-21(25-15-18)19-9-7-8-10-20(19)24(29)30/h7-10,12-13,15,17H,4-6,11,14,16H2,1-3H3,(H,29,30). The summed E-state index contributed by atoms with van der Waals surface area (Å²) in [5.74, 6) is 1.49. The van der Waals surface area contributed by atoms with Gasteiger partial charge in [0.1, 0.15) is 5.82 Å². The normalized spacial score (nSPS) is 11.2. The molecule has 2 heterocycles. The largest absolute Gasteiger partial charge is 0.478 e. The van der Waals surface area contributed by atoms with E-state index in [1.54, 1.807) is 24.4 Å². The SMILES string of the molecule is CCCCCc1nc(CC(C)C)nn1Cc1ccc(-c2ccccc2C(=O)O)nc1. The summed E-state index contributed by atoms with van der Waals surface area (Å²) < 4.78 is 2.00. The van der Waals surface area contributed by atoms with E-state index in [4.69, 9.17) is 10.1 Å². The van der Waals surface area contributed by atoms with Crippen LogP contribution in [0, 0.1) is 5.92 Å². The molecule has 0 atom stereocenters. The third-order valence-electron chi connectivity index (χ3n) is 4.98. The van der Waals surface area contributed by atoms with Crippen molar-refractivity contribution in [1.29, 1.82) is 0 Å². The van der Waals surface area contributed by atoms with Gasteiger partial charge < -0.3 is 5.11 Å². The average molecular weight is 407 g/mol. The van der Waals surface area contributed by atoms with Crippen molar-refractivity contribution in [2.45, 2.75) is 59.4 Å². The molecule has 0 fully saturated rings. The van der Waals surface area contributed by atoms with E-state index in [9.17, 15) is 9.90 Å². The van der Waals surface area contributed by atoms with Gasteiger partial charge in [-0.15, -0.1) is 0 Å². The van der Waals surface area contributed by atoms with E-state index in [0.717, 1.165) is 36.5 Å². The maximum Gasteiger partial charge on any atom is 0.336 e. The number of rotatable bonds is 10. The molecule has 1 aromatic carbocycles. The monoisotopic (exact) mass is 406 g/mol. The highest BCUT2D eigenvalue weighted by Crippen LogP contribution is 2.22. The molecule has 0 aliphatic carbocycles. The highest BCUT2D eigenvalue weighted by Gasteiger charge is 2.14. The van der Waals surface area contributed by atoms with E-state index in [1.807, 2.05) is 22.9 Å². The maximum absolute atomic E-state index is 11.5. The minimum Gasteiger partial charge on any atom is -0.478 e. The number of carboxylic acid groups (broad SMARTS) is 1. The van der Waals surface area contributed by atoms with E-state index in [0.29, 0.717) is 23.7 Å². The smallest absolute Gasteiger partial charge is 0.336 e. The van der Waals surface area contributed by atoms with Crippen molar-refractivity contribution in [3.63, 3.8) is 0 Å². The zero-order valence-corrected chi connectivity index (χ0v) is 18.0. The fourth-order valence-electron chi connectivity index (χ4n) is 3.47. The predicted molar refractivity (Wildman–Crippen MR) is 118 cm³/mol. The lowest BCUT2D eigenvalue weighted by Gasteiger charge is -2.08. The number of aromatic nitrogens is 4. The lowest BCUT2D eigenvalue weighted by molar-refractivity contribution is 0.0697. The lowest BCUT2D eigenvalue weighted by atomic mass is 10.0. The first kappa shape index (κ1) is 21.7. The lowest BCUT2D eigenvalue weighted by Crippen LogP contribution is -2.08. The van der Waals surface area contributed by atoms with Crippen molar-refractivity contribution < 1.29 is 9.90 Å². The van der Waals surface area contributed by atoms with Gasteiger partial charge in [-0.1, -0.05) is 57.9 Å². The molecule has 0 unspecified atom stereocenters. The van der Waals surface area contributed by atoms with Crippen LogP contribution in [0.4, 0.5) is 0 Å². The molecule has 30 heavy (non-hydrogen) atoms. The van der Waals surface area contributed by atoms with Crippen LogP contribution in [-0.4, -0.2) is 30.8 Å². The van der Waals surface area contributed by atoms with Crippen molar-refractivity contribution in [3.8, 4) is 11.3 Å². The molecular weight excluding hydrogens is 376 g/mol. The van der Waals surface area contributed by atoms with Crippen LogP contribution in [-0.2, 0) is 19.4 Å². The molecule has 0 saturated heterocycles. The molecule has 6 heteroatoms. The van der Waals surface area contributed by atoms with Gasteiger partial charge in [-0.2, -0.15) is 5.10 Å². The van der Waals surface area contributed by atoms with Crippen LogP contribution < -0.4 is 0 Å². The Morgan fingerprint density at radius 1 is 1.13 bits per heavy atom. The number of hydrogen-bond donors (Lipinski definition) is 1. The van der Waals surface area contributed by atoms with E-state index in [-0.39, 0.29) is 5.56 Å². The van der Waals surface area contributed by atoms with Gasteiger partial charge in [0.05, 0.1) is 17.8 Å². The third kappa shape index (κ3) is 5.53. The highest BCUT2D eigenvalue weighted by atomic mass is 16.4. The number of pyridine rings is 1. The molecule has 0 amide bonds. The number of hydrogen-bond acceptors (Lipinski definition) is 4. The van der Waals surface area contributed by atoms with E-state index >= 15 is 0 Å². The third-order valence-corrected chi connectivity index (χ3v) is 4.98. The van der Waals surface area contributed by atoms with Gasteiger partial charge in [0.25, 0.3) is 0 Å². The molecule has 6 nitrogen and oxygen atoms in total. The molecule has 2 aromatic heterocycles. The van der Waals surface area contributed by atoms with Gasteiger partial charge in [0, 0.05) is 24.6 Å². The Kier molecular flexibility index (Phi) is 7.33. The van der Waals surface area contributed by atoms with Gasteiger partial charge >= 0.3 is 5.97 Å². The molecule has 0 aliphatic heterocycles. The molecule has 1 N–H and O–H groups in total. The number of unbranched alkanes of at least 4 members (excludes halogenated alkanes) is 2. The summed E-state index contributed by atoms with van der Waals surface area (Å²) in [6.45, 7) is 7.16. The molecular formula is C24H30N4O2. The summed E-state index contributed by atoms with van der Waals surface area (Å²) in [6, 6.07) is 10.8. The van der Waals surface area contributed by atoms with Crippen LogP contribution >= 0.6 is 0 Å². The first-order valence-corrected chi connectivity index (χ1v) is 10.7.